The second-order valence-corrected chi connectivity index (χ2v) is 6.15. The maximum atomic E-state index is 5.95. The van der Waals surface area contributed by atoms with Gasteiger partial charge in [-0.05, 0) is 68.8 Å². The molecule has 3 heteroatoms. The van der Waals surface area contributed by atoms with Crippen LogP contribution in [0.3, 0.4) is 0 Å². The van der Waals surface area contributed by atoms with Gasteiger partial charge >= 0.3 is 0 Å². The zero-order valence-electron chi connectivity index (χ0n) is 12.4. The fraction of sp³-hybridized carbons (Fsp3) is 0.647. The quantitative estimate of drug-likeness (QED) is 0.781. The Kier molecular flexibility index (Phi) is 6.85. The highest BCUT2D eigenvalue weighted by atomic mass is 35.5. The molecule has 0 bridgehead atoms. The van der Waals surface area contributed by atoms with Crippen molar-refractivity contribution in [2.45, 2.75) is 45.1 Å². The highest BCUT2D eigenvalue weighted by molar-refractivity contribution is 6.30. The Bertz CT molecular complexity index is 373. The van der Waals surface area contributed by atoms with Gasteiger partial charge in [0, 0.05) is 11.6 Å². The summed E-state index contributed by atoms with van der Waals surface area (Å²) in [6, 6.07) is 8.27. The molecule has 1 aliphatic heterocycles. The van der Waals surface area contributed by atoms with Crippen LogP contribution in [0.1, 0.15) is 38.2 Å². The fourth-order valence-electron chi connectivity index (χ4n) is 2.87. The first kappa shape index (κ1) is 15.8. The normalized spacial score (nSPS) is 20.2. The molecule has 1 heterocycles. The summed E-state index contributed by atoms with van der Waals surface area (Å²) in [5.41, 5.74) is 1.38. The largest absolute Gasteiger partial charge is 0.378 e. The third-order valence-electron chi connectivity index (χ3n) is 4.04. The lowest BCUT2D eigenvalue weighted by molar-refractivity contribution is 0.0979. The van der Waals surface area contributed by atoms with Crippen molar-refractivity contribution in [3.05, 3.63) is 34.9 Å². The molecule has 0 radical (unpaired) electrons. The van der Waals surface area contributed by atoms with Crippen molar-refractivity contribution in [3.63, 3.8) is 0 Å². The molecular weight excluding hydrogens is 270 g/mol. The second kappa shape index (κ2) is 8.66. The van der Waals surface area contributed by atoms with E-state index in [0.29, 0.717) is 12.0 Å². The van der Waals surface area contributed by atoms with Gasteiger partial charge in [-0.1, -0.05) is 30.7 Å². The van der Waals surface area contributed by atoms with Crippen LogP contribution in [0, 0.1) is 5.92 Å². The SMILES string of the molecule is CCNCC(CCC1CCCO1)Cc1ccc(Cl)cc1. The van der Waals surface area contributed by atoms with E-state index >= 15 is 0 Å². The molecule has 1 saturated heterocycles. The first-order valence-electron chi connectivity index (χ1n) is 7.84. The summed E-state index contributed by atoms with van der Waals surface area (Å²) < 4.78 is 5.74. The minimum absolute atomic E-state index is 0.504. The molecule has 20 heavy (non-hydrogen) atoms. The average Bonchev–Trinajstić information content (AvgIpc) is 2.97. The third kappa shape index (κ3) is 5.43. The molecule has 1 aromatic rings. The van der Waals surface area contributed by atoms with E-state index in [1.165, 1.54) is 31.2 Å². The van der Waals surface area contributed by atoms with Crippen molar-refractivity contribution < 1.29 is 4.74 Å². The van der Waals surface area contributed by atoms with Gasteiger partial charge in [-0.25, -0.2) is 0 Å². The summed E-state index contributed by atoms with van der Waals surface area (Å²) in [6.07, 6.45) is 6.54. The Morgan fingerprint density at radius 2 is 2.15 bits per heavy atom. The van der Waals surface area contributed by atoms with E-state index in [1.807, 2.05) is 12.1 Å². The molecule has 2 atom stereocenters. The molecule has 0 spiro atoms. The Morgan fingerprint density at radius 1 is 1.35 bits per heavy atom. The van der Waals surface area contributed by atoms with Gasteiger partial charge in [0.05, 0.1) is 6.10 Å². The van der Waals surface area contributed by atoms with Crippen molar-refractivity contribution in [1.29, 1.82) is 0 Å². The highest BCUT2D eigenvalue weighted by Gasteiger charge is 2.18. The maximum Gasteiger partial charge on any atom is 0.0576 e. The van der Waals surface area contributed by atoms with Gasteiger partial charge in [-0.15, -0.1) is 0 Å². The predicted molar refractivity (Wildman–Crippen MR) is 85.4 cm³/mol. The van der Waals surface area contributed by atoms with Gasteiger partial charge in [-0.2, -0.15) is 0 Å². The van der Waals surface area contributed by atoms with Crippen LogP contribution in [0.2, 0.25) is 5.02 Å². The summed E-state index contributed by atoms with van der Waals surface area (Å²) >= 11 is 5.95. The second-order valence-electron chi connectivity index (χ2n) is 5.72. The Labute approximate surface area is 127 Å². The summed E-state index contributed by atoms with van der Waals surface area (Å²) in [5.74, 6) is 0.681. The van der Waals surface area contributed by atoms with Crippen molar-refractivity contribution in [3.8, 4) is 0 Å². The zero-order chi connectivity index (χ0) is 14.2. The number of halogens is 1. The van der Waals surface area contributed by atoms with Crippen molar-refractivity contribution >= 4 is 11.6 Å². The molecule has 1 aromatic carbocycles. The van der Waals surface area contributed by atoms with E-state index in [1.54, 1.807) is 0 Å². The van der Waals surface area contributed by atoms with Gasteiger partial charge in [0.1, 0.15) is 0 Å². The third-order valence-corrected chi connectivity index (χ3v) is 4.29. The van der Waals surface area contributed by atoms with Crippen LogP contribution in [0.5, 0.6) is 0 Å². The number of hydrogen-bond acceptors (Lipinski definition) is 2. The summed E-state index contributed by atoms with van der Waals surface area (Å²) in [7, 11) is 0. The molecule has 0 amide bonds. The standard InChI is InChI=1S/C17H26ClNO/c1-2-19-13-15(7-10-17-4-3-11-20-17)12-14-5-8-16(18)9-6-14/h5-6,8-9,15,17,19H,2-4,7,10-13H2,1H3. The lowest BCUT2D eigenvalue weighted by atomic mass is 9.93. The minimum atomic E-state index is 0.504. The van der Waals surface area contributed by atoms with Crippen LogP contribution < -0.4 is 5.32 Å². The first-order chi connectivity index (χ1) is 9.78. The number of benzene rings is 1. The van der Waals surface area contributed by atoms with Gasteiger partial charge in [0.15, 0.2) is 0 Å². The van der Waals surface area contributed by atoms with Crippen LogP contribution in [-0.2, 0) is 11.2 Å². The van der Waals surface area contributed by atoms with Gasteiger partial charge in [0.25, 0.3) is 0 Å². The van der Waals surface area contributed by atoms with E-state index in [-0.39, 0.29) is 0 Å². The molecule has 1 aliphatic rings. The van der Waals surface area contributed by atoms with Gasteiger partial charge < -0.3 is 10.1 Å². The molecule has 112 valence electrons. The molecule has 2 nitrogen and oxygen atoms in total. The van der Waals surface area contributed by atoms with Crippen LogP contribution in [0.4, 0.5) is 0 Å². The topological polar surface area (TPSA) is 21.3 Å². The molecule has 0 aliphatic carbocycles. The van der Waals surface area contributed by atoms with E-state index in [2.05, 4.69) is 24.4 Å². The molecule has 2 unspecified atom stereocenters. The lowest BCUT2D eigenvalue weighted by Crippen LogP contribution is -2.25. The summed E-state index contributed by atoms with van der Waals surface area (Å²) in [6.45, 7) is 5.25. The van der Waals surface area contributed by atoms with E-state index in [4.69, 9.17) is 16.3 Å². The molecule has 0 saturated carbocycles. The monoisotopic (exact) mass is 295 g/mol. The number of rotatable bonds is 8. The van der Waals surface area contributed by atoms with Crippen LogP contribution in [0.25, 0.3) is 0 Å². The average molecular weight is 296 g/mol. The van der Waals surface area contributed by atoms with Crippen molar-refractivity contribution in [2.24, 2.45) is 5.92 Å². The summed E-state index contributed by atoms with van der Waals surface area (Å²) in [5, 5.41) is 4.30. The maximum absolute atomic E-state index is 5.95. The minimum Gasteiger partial charge on any atom is -0.378 e. The lowest BCUT2D eigenvalue weighted by Gasteiger charge is -2.19. The number of nitrogens with one attached hydrogen (secondary N) is 1. The number of ether oxygens (including phenoxy) is 1. The molecule has 0 aromatic heterocycles. The predicted octanol–water partition coefficient (Wildman–Crippen LogP) is 4.07. The van der Waals surface area contributed by atoms with Crippen molar-refractivity contribution in [1.82, 2.24) is 5.32 Å². The van der Waals surface area contributed by atoms with Crippen LogP contribution >= 0.6 is 11.6 Å². The smallest absolute Gasteiger partial charge is 0.0576 e. The number of hydrogen-bond donors (Lipinski definition) is 1. The Morgan fingerprint density at radius 3 is 2.80 bits per heavy atom. The molecule has 1 fully saturated rings. The zero-order valence-corrected chi connectivity index (χ0v) is 13.2. The highest BCUT2D eigenvalue weighted by Crippen LogP contribution is 2.22. The van der Waals surface area contributed by atoms with E-state index < -0.39 is 0 Å². The van der Waals surface area contributed by atoms with Crippen LogP contribution in [0.15, 0.2) is 24.3 Å². The van der Waals surface area contributed by atoms with Gasteiger partial charge in [-0.3, -0.25) is 0 Å². The van der Waals surface area contributed by atoms with E-state index in [9.17, 15) is 0 Å². The van der Waals surface area contributed by atoms with Crippen LogP contribution in [-0.4, -0.2) is 25.8 Å². The van der Waals surface area contributed by atoms with E-state index in [0.717, 1.165) is 31.1 Å². The Hall–Kier alpha value is -0.570. The van der Waals surface area contributed by atoms with Crippen molar-refractivity contribution in [2.75, 3.05) is 19.7 Å². The summed E-state index contributed by atoms with van der Waals surface area (Å²) in [4.78, 5) is 0. The first-order valence-corrected chi connectivity index (χ1v) is 8.22. The molecule has 1 N–H and O–H groups in total. The fourth-order valence-corrected chi connectivity index (χ4v) is 3.00. The Balaban J connectivity index is 1.83. The molecule has 2 rings (SSSR count). The molecular formula is C17H26ClNO. The van der Waals surface area contributed by atoms with Gasteiger partial charge in [0.2, 0.25) is 0 Å².